The third-order valence-electron chi connectivity index (χ3n) is 5.32. The van der Waals surface area contributed by atoms with E-state index in [9.17, 15) is 9.59 Å². The molecule has 3 aromatic rings. The molecule has 0 radical (unpaired) electrons. The molecule has 1 aliphatic heterocycles. The summed E-state index contributed by atoms with van der Waals surface area (Å²) in [6.45, 7) is 5.32. The van der Waals surface area contributed by atoms with Gasteiger partial charge in [-0.25, -0.2) is 0 Å². The first-order valence-corrected chi connectivity index (χ1v) is 10.1. The number of hydrogen-bond acceptors (Lipinski definition) is 3. The lowest BCUT2D eigenvalue weighted by Crippen LogP contribution is -2.36. The van der Waals surface area contributed by atoms with Crippen molar-refractivity contribution in [3.8, 4) is 0 Å². The number of carbonyl (C=O) groups is 2. The summed E-state index contributed by atoms with van der Waals surface area (Å²) in [6.07, 6.45) is 0.264. The van der Waals surface area contributed by atoms with Crippen molar-refractivity contribution in [2.75, 3.05) is 13.1 Å². The van der Waals surface area contributed by atoms with Crippen LogP contribution in [0.4, 0.5) is 0 Å². The molecule has 4 rings (SSSR count). The molecule has 0 saturated carbocycles. The van der Waals surface area contributed by atoms with Crippen molar-refractivity contribution in [3.05, 3.63) is 72.0 Å². The lowest BCUT2D eigenvalue weighted by atomic mass is 10.0. The van der Waals surface area contributed by atoms with Crippen LogP contribution in [0.25, 0.3) is 11.0 Å². The first-order valence-electron chi connectivity index (χ1n) is 10.1. The van der Waals surface area contributed by atoms with E-state index < -0.39 is 6.04 Å². The molecular weight excluding hydrogens is 364 g/mol. The predicted octanol–water partition coefficient (Wildman–Crippen LogP) is 4.14. The van der Waals surface area contributed by atoms with Gasteiger partial charge in [0.2, 0.25) is 11.8 Å². The maximum Gasteiger partial charge on any atom is 0.226 e. The quantitative estimate of drug-likeness (QED) is 0.688. The Morgan fingerprint density at radius 2 is 1.86 bits per heavy atom. The smallest absolute Gasteiger partial charge is 0.226 e. The average molecular weight is 390 g/mol. The molecule has 2 atom stereocenters. The average Bonchev–Trinajstić information content (AvgIpc) is 3.30. The Morgan fingerprint density at radius 1 is 1.14 bits per heavy atom. The third-order valence-corrected chi connectivity index (χ3v) is 5.32. The van der Waals surface area contributed by atoms with Gasteiger partial charge < -0.3 is 14.6 Å². The molecule has 1 aliphatic rings. The molecule has 1 aromatic heterocycles. The van der Waals surface area contributed by atoms with Gasteiger partial charge in [-0.05, 0) is 23.6 Å². The van der Waals surface area contributed by atoms with E-state index >= 15 is 0 Å². The van der Waals surface area contributed by atoms with Gasteiger partial charge in [0.05, 0.1) is 5.92 Å². The number of carbonyl (C=O) groups excluding carboxylic acids is 2. The maximum atomic E-state index is 13.1. The van der Waals surface area contributed by atoms with Crippen LogP contribution >= 0.6 is 0 Å². The van der Waals surface area contributed by atoms with Crippen molar-refractivity contribution in [1.82, 2.24) is 10.2 Å². The lowest BCUT2D eigenvalue weighted by Gasteiger charge is -2.21. The fourth-order valence-electron chi connectivity index (χ4n) is 3.93. The minimum absolute atomic E-state index is 0.0545. The maximum absolute atomic E-state index is 13.1. The lowest BCUT2D eigenvalue weighted by molar-refractivity contribution is -0.129. The Morgan fingerprint density at radius 3 is 2.59 bits per heavy atom. The van der Waals surface area contributed by atoms with Gasteiger partial charge in [0, 0.05) is 24.9 Å². The molecule has 2 amide bonds. The van der Waals surface area contributed by atoms with Crippen LogP contribution in [0, 0.1) is 11.8 Å². The second-order valence-corrected chi connectivity index (χ2v) is 8.13. The number of nitrogens with zero attached hydrogens (tertiary/aromatic N) is 1. The van der Waals surface area contributed by atoms with Gasteiger partial charge in [0.1, 0.15) is 17.4 Å². The Labute approximate surface area is 170 Å². The van der Waals surface area contributed by atoms with Crippen LogP contribution in [0.1, 0.15) is 37.6 Å². The van der Waals surface area contributed by atoms with Crippen LogP contribution in [0.5, 0.6) is 0 Å². The highest BCUT2D eigenvalue weighted by atomic mass is 16.3. The number of benzene rings is 2. The minimum Gasteiger partial charge on any atom is -0.459 e. The van der Waals surface area contributed by atoms with Gasteiger partial charge in [0.25, 0.3) is 0 Å². The van der Waals surface area contributed by atoms with Crippen LogP contribution in [-0.2, 0) is 9.59 Å². The van der Waals surface area contributed by atoms with Gasteiger partial charge in [0.15, 0.2) is 0 Å². The molecule has 5 nitrogen and oxygen atoms in total. The SMILES string of the molecule is CC(C)CN1C[C@H](C(=O)N[C@@H](c2ccccc2)c2cc3ccccc3o2)CC1=O. The zero-order valence-corrected chi connectivity index (χ0v) is 16.8. The van der Waals surface area contributed by atoms with Crippen molar-refractivity contribution < 1.29 is 14.0 Å². The number of fused-ring (bicyclic) bond motifs is 1. The van der Waals surface area contributed by atoms with E-state index in [2.05, 4.69) is 19.2 Å². The number of nitrogens with one attached hydrogen (secondary N) is 1. The molecule has 2 aromatic carbocycles. The zero-order valence-electron chi connectivity index (χ0n) is 16.8. The van der Waals surface area contributed by atoms with E-state index in [1.165, 1.54) is 0 Å². The molecule has 0 spiro atoms. The van der Waals surface area contributed by atoms with Crippen molar-refractivity contribution in [2.45, 2.75) is 26.3 Å². The summed E-state index contributed by atoms with van der Waals surface area (Å²) >= 11 is 0. The highest BCUT2D eigenvalue weighted by Crippen LogP contribution is 2.29. The number of amides is 2. The van der Waals surface area contributed by atoms with Crippen LogP contribution in [-0.4, -0.2) is 29.8 Å². The second-order valence-electron chi connectivity index (χ2n) is 8.13. The summed E-state index contributed by atoms with van der Waals surface area (Å²) in [6, 6.07) is 19.2. The Hall–Kier alpha value is -3.08. The first kappa shape index (κ1) is 19.2. The zero-order chi connectivity index (χ0) is 20.4. The van der Waals surface area contributed by atoms with Crippen molar-refractivity contribution >= 4 is 22.8 Å². The molecule has 1 N–H and O–H groups in total. The summed E-state index contributed by atoms with van der Waals surface area (Å²) in [4.78, 5) is 27.2. The van der Waals surface area contributed by atoms with Gasteiger partial charge >= 0.3 is 0 Å². The van der Waals surface area contributed by atoms with E-state index in [4.69, 9.17) is 4.42 Å². The van der Waals surface area contributed by atoms with Crippen molar-refractivity contribution in [1.29, 1.82) is 0 Å². The highest BCUT2D eigenvalue weighted by molar-refractivity contribution is 5.89. The second kappa shape index (κ2) is 8.11. The first-order chi connectivity index (χ1) is 14.0. The summed E-state index contributed by atoms with van der Waals surface area (Å²) < 4.78 is 6.05. The fourth-order valence-corrected chi connectivity index (χ4v) is 3.93. The molecule has 2 heterocycles. The molecule has 150 valence electrons. The van der Waals surface area contributed by atoms with Gasteiger partial charge in [-0.1, -0.05) is 62.4 Å². The van der Waals surface area contributed by atoms with Crippen molar-refractivity contribution in [3.63, 3.8) is 0 Å². The van der Waals surface area contributed by atoms with E-state index in [0.717, 1.165) is 16.5 Å². The topological polar surface area (TPSA) is 62.6 Å². The van der Waals surface area contributed by atoms with Gasteiger partial charge in [-0.3, -0.25) is 9.59 Å². The molecular formula is C24H26N2O3. The number of hydrogen-bond donors (Lipinski definition) is 1. The molecule has 29 heavy (non-hydrogen) atoms. The normalized spacial score (nSPS) is 17.8. The van der Waals surface area contributed by atoms with Crippen LogP contribution in [0.2, 0.25) is 0 Å². The number of para-hydroxylation sites is 1. The Bertz CT molecular complexity index is 976. The van der Waals surface area contributed by atoms with E-state index in [-0.39, 0.29) is 24.2 Å². The standard InChI is InChI=1S/C24H26N2O3/c1-16(2)14-26-15-19(13-22(26)27)24(28)25-23(17-8-4-3-5-9-17)21-12-18-10-6-7-11-20(18)29-21/h3-12,16,19,23H,13-15H2,1-2H3,(H,25,28)/t19-,23+/m1/s1. The summed E-state index contributed by atoms with van der Waals surface area (Å²) in [5.74, 6) is 0.678. The molecule has 0 aliphatic carbocycles. The summed E-state index contributed by atoms with van der Waals surface area (Å²) in [7, 11) is 0. The Balaban J connectivity index is 1.58. The third kappa shape index (κ3) is 4.19. The van der Waals surface area contributed by atoms with E-state index in [1.807, 2.05) is 60.7 Å². The number of likely N-dealkylation sites (tertiary alicyclic amines) is 1. The summed E-state index contributed by atoms with van der Waals surface area (Å²) in [5, 5.41) is 4.13. The molecule has 0 bridgehead atoms. The van der Waals surface area contributed by atoms with Crippen molar-refractivity contribution in [2.24, 2.45) is 11.8 Å². The highest BCUT2D eigenvalue weighted by Gasteiger charge is 2.35. The van der Waals surface area contributed by atoms with Crippen LogP contribution in [0.15, 0.2) is 65.1 Å². The van der Waals surface area contributed by atoms with E-state index in [0.29, 0.717) is 24.8 Å². The monoisotopic (exact) mass is 390 g/mol. The fraction of sp³-hybridized carbons (Fsp3) is 0.333. The van der Waals surface area contributed by atoms with E-state index in [1.54, 1.807) is 4.90 Å². The minimum atomic E-state index is -0.398. The molecule has 0 unspecified atom stereocenters. The van der Waals surface area contributed by atoms with Gasteiger partial charge in [-0.2, -0.15) is 0 Å². The predicted molar refractivity (Wildman–Crippen MR) is 112 cm³/mol. The Kier molecular flexibility index (Phi) is 5.38. The van der Waals surface area contributed by atoms with Crippen LogP contribution < -0.4 is 5.32 Å². The number of rotatable bonds is 6. The van der Waals surface area contributed by atoms with Gasteiger partial charge in [-0.15, -0.1) is 0 Å². The summed E-state index contributed by atoms with van der Waals surface area (Å²) in [5.41, 5.74) is 1.74. The molecule has 1 fully saturated rings. The number of furan rings is 1. The molecule has 5 heteroatoms. The van der Waals surface area contributed by atoms with Crippen LogP contribution in [0.3, 0.4) is 0 Å². The largest absolute Gasteiger partial charge is 0.459 e. The molecule has 1 saturated heterocycles.